The third-order valence-electron chi connectivity index (χ3n) is 7.16. The SMILES string of the molecule is CCC(C)(C)NC(=O)[C@@H](c1ccc(OC)cc1OC)N(C(=O)Cn1nnc2ccccc21)c1cc(C)ccc1OC. The standard InChI is InChI=1S/C31H37N5O5/c1-8-31(3,4)32-30(38)29(22-15-14-21(39-5)18-27(22)41-7)36(25-17-20(2)13-16-26(25)40-6)28(37)19-35-24-12-10-9-11-23(24)33-34-35/h9-18,29H,8,19H2,1-7H3,(H,32,38)/t29-/m1/s1. The number of carbonyl (C=O) groups is 2. The van der Waals surface area contributed by atoms with Crippen LogP contribution in [0.25, 0.3) is 11.0 Å². The molecule has 0 fully saturated rings. The lowest BCUT2D eigenvalue weighted by Crippen LogP contribution is -2.51. The molecule has 1 N–H and O–H groups in total. The van der Waals surface area contributed by atoms with Gasteiger partial charge in [-0.15, -0.1) is 5.10 Å². The molecule has 0 aliphatic rings. The van der Waals surface area contributed by atoms with Crippen molar-refractivity contribution in [2.45, 2.75) is 52.2 Å². The molecular formula is C31H37N5O5. The molecule has 41 heavy (non-hydrogen) atoms. The zero-order valence-corrected chi connectivity index (χ0v) is 24.6. The summed E-state index contributed by atoms with van der Waals surface area (Å²) in [6, 6.07) is 17.0. The van der Waals surface area contributed by atoms with Gasteiger partial charge in [0.05, 0.1) is 32.5 Å². The van der Waals surface area contributed by atoms with Gasteiger partial charge in [0.1, 0.15) is 35.4 Å². The summed E-state index contributed by atoms with van der Waals surface area (Å²) < 4.78 is 18.4. The molecule has 216 valence electrons. The van der Waals surface area contributed by atoms with E-state index in [1.165, 1.54) is 23.8 Å². The highest BCUT2D eigenvalue weighted by Crippen LogP contribution is 2.40. The highest BCUT2D eigenvalue weighted by Gasteiger charge is 2.38. The largest absolute Gasteiger partial charge is 0.497 e. The molecule has 2 amide bonds. The fraction of sp³-hybridized carbons (Fsp3) is 0.355. The summed E-state index contributed by atoms with van der Waals surface area (Å²) in [4.78, 5) is 30.2. The van der Waals surface area contributed by atoms with Gasteiger partial charge in [0.15, 0.2) is 0 Å². The number of fused-ring (bicyclic) bond motifs is 1. The van der Waals surface area contributed by atoms with Crippen LogP contribution in [-0.2, 0) is 16.1 Å². The highest BCUT2D eigenvalue weighted by atomic mass is 16.5. The molecule has 10 heteroatoms. The molecule has 1 aromatic heterocycles. The van der Waals surface area contributed by atoms with Crippen molar-refractivity contribution in [1.82, 2.24) is 20.3 Å². The zero-order valence-electron chi connectivity index (χ0n) is 24.6. The van der Waals surface area contributed by atoms with E-state index < -0.39 is 17.5 Å². The molecule has 1 atom stereocenters. The Labute approximate surface area is 240 Å². The number of anilines is 1. The second kappa shape index (κ2) is 12.3. The number of hydrogen-bond acceptors (Lipinski definition) is 7. The number of hydrogen-bond donors (Lipinski definition) is 1. The van der Waals surface area contributed by atoms with E-state index in [4.69, 9.17) is 14.2 Å². The van der Waals surface area contributed by atoms with Crippen LogP contribution in [0.2, 0.25) is 0 Å². The molecule has 0 unspecified atom stereocenters. The van der Waals surface area contributed by atoms with Crippen molar-refractivity contribution in [3.63, 3.8) is 0 Å². The lowest BCUT2D eigenvalue weighted by molar-refractivity contribution is -0.128. The zero-order chi connectivity index (χ0) is 29.7. The summed E-state index contributed by atoms with van der Waals surface area (Å²) in [5.74, 6) is 0.623. The van der Waals surface area contributed by atoms with E-state index in [-0.39, 0.29) is 12.5 Å². The van der Waals surface area contributed by atoms with Gasteiger partial charge >= 0.3 is 0 Å². The van der Waals surface area contributed by atoms with Crippen LogP contribution in [0.1, 0.15) is 44.4 Å². The number of nitrogens with zero attached hydrogens (tertiary/aromatic N) is 4. The Morgan fingerprint density at radius 1 is 0.976 bits per heavy atom. The fourth-order valence-electron chi connectivity index (χ4n) is 4.58. The summed E-state index contributed by atoms with van der Waals surface area (Å²) in [5, 5.41) is 11.6. The van der Waals surface area contributed by atoms with Crippen molar-refractivity contribution in [2.75, 3.05) is 26.2 Å². The third-order valence-corrected chi connectivity index (χ3v) is 7.16. The van der Waals surface area contributed by atoms with Gasteiger partial charge in [-0.25, -0.2) is 4.68 Å². The molecule has 4 aromatic rings. The molecule has 1 heterocycles. The first-order chi connectivity index (χ1) is 19.6. The van der Waals surface area contributed by atoms with Crippen LogP contribution in [0.4, 0.5) is 5.69 Å². The second-order valence-corrected chi connectivity index (χ2v) is 10.4. The van der Waals surface area contributed by atoms with Crippen molar-refractivity contribution in [1.29, 1.82) is 0 Å². The number of ether oxygens (including phenoxy) is 3. The lowest BCUT2D eigenvalue weighted by Gasteiger charge is -2.35. The Kier molecular flexibility index (Phi) is 8.80. The maximum atomic E-state index is 14.4. The second-order valence-electron chi connectivity index (χ2n) is 10.4. The number of methoxy groups -OCH3 is 3. The van der Waals surface area contributed by atoms with Crippen molar-refractivity contribution >= 4 is 28.5 Å². The number of rotatable bonds is 11. The maximum absolute atomic E-state index is 14.4. The Morgan fingerprint density at radius 2 is 1.71 bits per heavy atom. The summed E-state index contributed by atoms with van der Waals surface area (Å²) in [6.45, 7) is 7.62. The molecule has 10 nitrogen and oxygen atoms in total. The number of aryl methyl sites for hydroxylation is 1. The smallest absolute Gasteiger partial charge is 0.249 e. The fourth-order valence-corrected chi connectivity index (χ4v) is 4.58. The van der Waals surface area contributed by atoms with Gasteiger partial charge in [-0.3, -0.25) is 14.5 Å². The Bertz CT molecular complexity index is 1550. The van der Waals surface area contributed by atoms with E-state index in [9.17, 15) is 9.59 Å². The quantitative estimate of drug-likeness (QED) is 0.280. The third kappa shape index (κ3) is 6.26. The first-order valence-electron chi connectivity index (χ1n) is 13.4. The van der Waals surface area contributed by atoms with Crippen molar-refractivity contribution in [3.05, 3.63) is 71.8 Å². The minimum atomic E-state index is -1.13. The van der Waals surface area contributed by atoms with Crippen molar-refractivity contribution in [3.8, 4) is 17.2 Å². The molecule has 0 bridgehead atoms. The van der Waals surface area contributed by atoms with Crippen LogP contribution in [0.5, 0.6) is 17.2 Å². The summed E-state index contributed by atoms with van der Waals surface area (Å²) in [6.07, 6.45) is 0.678. The van der Waals surface area contributed by atoms with Crippen molar-refractivity contribution in [2.24, 2.45) is 0 Å². The van der Waals surface area contributed by atoms with Crippen LogP contribution in [0.3, 0.4) is 0 Å². The molecule has 0 aliphatic carbocycles. The first-order valence-corrected chi connectivity index (χ1v) is 13.4. The number of aromatic nitrogens is 3. The number of para-hydroxylation sites is 1. The minimum absolute atomic E-state index is 0.170. The van der Waals surface area contributed by atoms with E-state index >= 15 is 0 Å². The predicted octanol–water partition coefficient (Wildman–Crippen LogP) is 4.84. The molecule has 0 spiro atoms. The number of amides is 2. The number of benzene rings is 3. The highest BCUT2D eigenvalue weighted by molar-refractivity contribution is 6.03. The van der Waals surface area contributed by atoms with E-state index in [1.807, 2.05) is 64.1 Å². The number of carbonyl (C=O) groups excluding carboxylic acids is 2. The first kappa shape index (κ1) is 29.4. The Morgan fingerprint density at radius 3 is 2.39 bits per heavy atom. The average molecular weight is 560 g/mol. The Hall–Kier alpha value is -4.60. The minimum Gasteiger partial charge on any atom is -0.497 e. The molecule has 0 saturated heterocycles. The normalized spacial score (nSPS) is 12.1. The van der Waals surface area contributed by atoms with Crippen LogP contribution < -0.4 is 24.4 Å². The topological polar surface area (TPSA) is 108 Å². The molecule has 4 rings (SSSR count). The molecular weight excluding hydrogens is 522 g/mol. The summed E-state index contributed by atoms with van der Waals surface area (Å²) in [7, 11) is 4.60. The molecule has 3 aromatic carbocycles. The van der Waals surface area contributed by atoms with Gasteiger partial charge in [0.25, 0.3) is 0 Å². The van der Waals surface area contributed by atoms with Crippen LogP contribution >= 0.6 is 0 Å². The summed E-state index contributed by atoms with van der Waals surface area (Å²) in [5.41, 5.74) is 2.64. The van der Waals surface area contributed by atoms with E-state index in [2.05, 4.69) is 15.6 Å². The molecule has 0 saturated carbocycles. The van der Waals surface area contributed by atoms with Crippen LogP contribution in [0.15, 0.2) is 60.7 Å². The monoisotopic (exact) mass is 559 g/mol. The van der Waals surface area contributed by atoms with Gasteiger partial charge in [-0.05, 0) is 69.2 Å². The summed E-state index contributed by atoms with van der Waals surface area (Å²) >= 11 is 0. The van der Waals surface area contributed by atoms with Crippen LogP contribution in [-0.4, -0.2) is 53.7 Å². The van der Waals surface area contributed by atoms with E-state index in [1.54, 1.807) is 31.4 Å². The maximum Gasteiger partial charge on any atom is 0.249 e. The molecule has 0 radical (unpaired) electrons. The van der Waals surface area contributed by atoms with Crippen molar-refractivity contribution < 1.29 is 23.8 Å². The van der Waals surface area contributed by atoms with Gasteiger partial charge in [0.2, 0.25) is 11.8 Å². The van der Waals surface area contributed by atoms with Crippen LogP contribution in [0, 0.1) is 6.92 Å². The average Bonchev–Trinajstić information content (AvgIpc) is 3.37. The van der Waals surface area contributed by atoms with Gasteiger partial charge in [-0.2, -0.15) is 0 Å². The van der Waals surface area contributed by atoms with Gasteiger partial charge in [0, 0.05) is 17.2 Å². The number of nitrogens with one attached hydrogen (secondary N) is 1. The Balaban J connectivity index is 1.95. The van der Waals surface area contributed by atoms with Gasteiger partial charge < -0.3 is 19.5 Å². The predicted molar refractivity (Wildman–Crippen MR) is 158 cm³/mol. The van der Waals surface area contributed by atoms with Gasteiger partial charge in [-0.1, -0.05) is 30.3 Å². The lowest BCUT2D eigenvalue weighted by atomic mass is 9.97. The molecule has 0 aliphatic heterocycles. The van der Waals surface area contributed by atoms with E-state index in [0.717, 1.165) is 5.56 Å². The van der Waals surface area contributed by atoms with E-state index in [0.29, 0.717) is 46.0 Å².